The maximum atomic E-state index is 12.9. The van der Waals surface area contributed by atoms with E-state index in [1.807, 2.05) is 0 Å². The summed E-state index contributed by atoms with van der Waals surface area (Å²) in [7, 11) is -0.783. The fourth-order valence-electron chi connectivity index (χ4n) is 2.56. The summed E-state index contributed by atoms with van der Waals surface area (Å²) in [6.07, 6.45) is -0.0334. The molecule has 0 atom stereocenters. The Morgan fingerprint density at radius 1 is 1.22 bits per heavy atom. The smallest absolute Gasteiger partial charge is 0.243 e. The summed E-state index contributed by atoms with van der Waals surface area (Å²) in [5, 5.41) is 10.1. The Balaban J connectivity index is 2.07. The summed E-state index contributed by atoms with van der Waals surface area (Å²) in [6, 6.07) is 6.34. The van der Waals surface area contributed by atoms with Crippen molar-refractivity contribution in [2.75, 3.05) is 26.0 Å². The van der Waals surface area contributed by atoms with Crippen molar-refractivity contribution >= 4 is 33.3 Å². The van der Waals surface area contributed by atoms with Gasteiger partial charge in [-0.3, -0.25) is 4.79 Å². The third-order valence-electron chi connectivity index (χ3n) is 3.89. The zero-order valence-corrected chi connectivity index (χ0v) is 17.1. The first-order valence-electron chi connectivity index (χ1n) is 8.06. The van der Waals surface area contributed by atoms with E-state index in [-0.39, 0.29) is 34.7 Å². The Kier molecular flexibility index (Phi) is 6.74. The first-order chi connectivity index (χ1) is 12.6. The summed E-state index contributed by atoms with van der Waals surface area (Å²) in [4.78, 5) is 12.3. The molecular weight excluding hydrogens is 392 g/mol. The number of anilines is 1. The molecule has 0 saturated carbocycles. The highest BCUT2D eigenvalue weighted by Crippen LogP contribution is 2.27. The van der Waals surface area contributed by atoms with Crippen molar-refractivity contribution in [3.05, 3.63) is 40.5 Å². The SMILES string of the molecule is COc1cc(C)c(S(=O)(=O)N(C)CCC(=O)Nc2ccc(Cl)nn2)c(C)c1. The van der Waals surface area contributed by atoms with Crippen LogP contribution in [0.1, 0.15) is 17.5 Å². The van der Waals surface area contributed by atoms with Gasteiger partial charge in [0.2, 0.25) is 15.9 Å². The fourth-order valence-corrected chi connectivity index (χ4v) is 4.23. The predicted octanol–water partition coefficient (Wildman–Crippen LogP) is 2.40. The molecule has 1 aromatic heterocycles. The van der Waals surface area contributed by atoms with Gasteiger partial charge in [0.05, 0.1) is 12.0 Å². The van der Waals surface area contributed by atoms with Gasteiger partial charge in [0.15, 0.2) is 11.0 Å². The van der Waals surface area contributed by atoms with Crippen LogP contribution in [-0.2, 0) is 14.8 Å². The van der Waals surface area contributed by atoms with Gasteiger partial charge in [0.25, 0.3) is 0 Å². The molecule has 0 fully saturated rings. The third kappa shape index (κ3) is 5.15. The lowest BCUT2D eigenvalue weighted by atomic mass is 10.1. The molecule has 0 radical (unpaired) electrons. The average Bonchev–Trinajstić information content (AvgIpc) is 2.60. The number of halogens is 1. The molecule has 2 rings (SSSR count). The lowest BCUT2D eigenvalue weighted by molar-refractivity contribution is -0.116. The van der Waals surface area contributed by atoms with Gasteiger partial charge < -0.3 is 10.1 Å². The number of rotatable bonds is 7. The van der Waals surface area contributed by atoms with Crippen LogP contribution in [0.3, 0.4) is 0 Å². The van der Waals surface area contributed by atoms with E-state index in [4.69, 9.17) is 16.3 Å². The fraction of sp³-hybridized carbons (Fsp3) is 0.353. The molecule has 1 aromatic carbocycles. The molecule has 0 aliphatic heterocycles. The molecule has 27 heavy (non-hydrogen) atoms. The summed E-state index contributed by atoms with van der Waals surface area (Å²) < 4.78 is 32.1. The first kappa shape index (κ1) is 21.1. The number of nitrogens with zero attached hydrogens (tertiary/aromatic N) is 3. The minimum Gasteiger partial charge on any atom is -0.497 e. The van der Waals surface area contributed by atoms with Crippen LogP contribution in [-0.4, -0.2) is 49.5 Å². The molecule has 0 aliphatic rings. The topological polar surface area (TPSA) is 101 Å². The summed E-state index contributed by atoms with van der Waals surface area (Å²) in [5.41, 5.74) is 1.17. The minimum absolute atomic E-state index is 0.0140. The van der Waals surface area contributed by atoms with Gasteiger partial charge in [-0.1, -0.05) is 11.6 Å². The van der Waals surface area contributed by atoms with Gasteiger partial charge in [-0.25, -0.2) is 12.7 Å². The number of methoxy groups -OCH3 is 1. The van der Waals surface area contributed by atoms with E-state index in [0.717, 1.165) is 4.31 Å². The predicted molar refractivity (Wildman–Crippen MR) is 103 cm³/mol. The Labute approximate surface area is 163 Å². The second-order valence-electron chi connectivity index (χ2n) is 5.96. The molecule has 1 N–H and O–H groups in total. The molecule has 0 spiro atoms. The number of amides is 1. The number of hydrogen-bond acceptors (Lipinski definition) is 6. The largest absolute Gasteiger partial charge is 0.497 e. The highest BCUT2D eigenvalue weighted by atomic mass is 35.5. The molecular formula is C17H21ClN4O4S. The van der Waals surface area contributed by atoms with Crippen molar-refractivity contribution in [1.82, 2.24) is 14.5 Å². The second kappa shape index (κ2) is 8.64. The number of hydrogen-bond donors (Lipinski definition) is 1. The van der Waals surface area contributed by atoms with Crippen LogP contribution in [0.15, 0.2) is 29.2 Å². The van der Waals surface area contributed by atoms with Gasteiger partial charge in [0.1, 0.15) is 5.75 Å². The highest BCUT2D eigenvalue weighted by molar-refractivity contribution is 7.89. The number of aryl methyl sites for hydroxylation is 2. The van der Waals surface area contributed by atoms with Crippen molar-refractivity contribution in [3.63, 3.8) is 0 Å². The summed E-state index contributed by atoms with van der Waals surface area (Å²) >= 11 is 5.64. The molecule has 0 bridgehead atoms. The number of sulfonamides is 1. The van der Waals surface area contributed by atoms with Crippen molar-refractivity contribution in [2.24, 2.45) is 0 Å². The summed E-state index contributed by atoms with van der Waals surface area (Å²) in [6.45, 7) is 3.43. The molecule has 0 aliphatic carbocycles. The monoisotopic (exact) mass is 412 g/mol. The number of ether oxygens (including phenoxy) is 1. The Bertz CT molecular complexity index is 909. The maximum absolute atomic E-state index is 12.9. The molecule has 0 unspecified atom stereocenters. The van der Waals surface area contributed by atoms with Crippen molar-refractivity contribution in [3.8, 4) is 5.75 Å². The van der Waals surface area contributed by atoms with Crippen LogP contribution < -0.4 is 10.1 Å². The van der Waals surface area contributed by atoms with Gasteiger partial charge in [-0.05, 0) is 49.2 Å². The Hall–Kier alpha value is -2.23. The van der Waals surface area contributed by atoms with Crippen LogP contribution in [0.25, 0.3) is 0 Å². The number of aromatic nitrogens is 2. The van der Waals surface area contributed by atoms with Crippen molar-refractivity contribution in [2.45, 2.75) is 25.2 Å². The Morgan fingerprint density at radius 3 is 2.37 bits per heavy atom. The lowest BCUT2D eigenvalue weighted by Crippen LogP contribution is -2.31. The van der Waals surface area contributed by atoms with Crippen molar-refractivity contribution in [1.29, 1.82) is 0 Å². The standard InChI is InChI=1S/C17H21ClN4O4S/c1-11-9-13(26-4)10-12(2)17(11)27(24,25)22(3)8-7-16(23)19-15-6-5-14(18)20-21-15/h5-6,9-10H,7-8H2,1-4H3,(H,19,21,23). The molecule has 1 heterocycles. The highest BCUT2D eigenvalue weighted by Gasteiger charge is 2.25. The molecule has 2 aromatic rings. The van der Waals surface area contributed by atoms with Gasteiger partial charge in [-0.15, -0.1) is 10.2 Å². The zero-order chi connectivity index (χ0) is 20.2. The number of carbonyl (C=O) groups excluding carboxylic acids is 1. The quantitative estimate of drug-likeness (QED) is 0.749. The number of carbonyl (C=O) groups is 1. The molecule has 0 saturated heterocycles. The third-order valence-corrected chi connectivity index (χ3v) is 6.26. The van der Waals surface area contributed by atoms with E-state index in [2.05, 4.69) is 15.5 Å². The number of nitrogens with one attached hydrogen (secondary N) is 1. The Morgan fingerprint density at radius 2 is 1.85 bits per heavy atom. The maximum Gasteiger partial charge on any atom is 0.243 e. The van der Waals surface area contributed by atoms with E-state index >= 15 is 0 Å². The first-order valence-corrected chi connectivity index (χ1v) is 9.87. The van der Waals surface area contributed by atoms with E-state index < -0.39 is 10.0 Å². The van der Waals surface area contributed by atoms with Gasteiger partial charge >= 0.3 is 0 Å². The van der Waals surface area contributed by atoms with E-state index in [9.17, 15) is 13.2 Å². The van der Waals surface area contributed by atoms with Crippen molar-refractivity contribution < 1.29 is 17.9 Å². The van der Waals surface area contributed by atoms with Crippen LogP contribution >= 0.6 is 11.6 Å². The normalized spacial score (nSPS) is 11.5. The van der Waals surface area contributed by atoms with Crippen LogP contribution in [0.2, 0.25) is 5.15 Å². The molecule has 8 nitrogen and oxygen atoms in total. The molecule has 10 heteroatoms. The van der Waals surface area contributed by atoms with Gasteiger partial charge in [0, 0.05) is 20.0 Å². The number of benzene rings is 1. The minimum atomic E-state index is -3.75. The molecule has 1 amide bonds. The average molecular weight is 413 g/mol. The zero-order valence-electron chi connectivity index (χ0n) is 15.5. The lowest BCUT2D eigenvalue weighted by Gasteiger charge is -2.20. The van der Waals surface area contributed by atoms with Crippen LogP contribution in [0, 0.1) is 13.8 Å². The van der Waals surface area contributed by atoms with Crippen LogP contribution in [0.5, 0.6) is 5.75 Å². The summed E-state index contributed by atoms with van der Waals surface area (Å²) in [5.74, 6) is 0.462. The van der Waals surface area contributed by atoms with E-state index in [0.29, 0.717) is 16.9 Å². The van der Waals surface area contributed by atoms with Crippen LogP contribution in [0.4, 0.5) is 5.82 Å². The molecule has 146 valence electrons. The van der Waals surface area contributed by atoms with E-state index in [1.54, 1.807) is 26.0 Å². The van der Waals surface area contributed by atoms with E-state index in [1.165, 1.54) is 26.3 Å². The van der Waals surface area contributed by atoms with Gasteiger partial charge in [-0.2, -0.15) is 0 Å². The second-order valence-corrected chi connectivity index (χ2v) is 8.33.